The van der Waals surface area contributed by atoms with Crippen LogP contribution in [0, 0.1) is 0 Å². The molecule has 14 heteroatoms. The van der Waals surface area contributed by atoms with Gasteiger partial charge in [0.15, 0.2) is 9.84 Å². The molecule has 0 aliphatic carbocycles. The molecule has 1 aliphatic heterocycles. The fourth-order valence-electron chi connectivity index (χ4n) is 3.21. The van der Waals surface area contributed by atoms with Gasteiger partial charge in [0.2, 0.25) is 5.91 Å². The Kier molecular flexibility index (Phi) is 11.7. The summed E-state index contributed by atoms with van der Waals surface area (Å²) in [5, 5.41) is 13.2. The minimum absolute atomic E-state index is 0.0214. The number of nitrogens with zero attached hydrogens (tertiary/aromatic N) is 2. The maximum Gasteiger partial charge on any atom is 0.490 e. The summed E-state index contributed by atoms with van der Waals surface area (Å²) in [5.74, 6) is -2.05. The van der Waals surface area contributed by atoms with Gasteiger partial charge in [0.25, 0.3) is 0 Å². The third-order valence-corrected chi connectivity index (χ3v) is 7.85. The van der Waals surface area contributed by atoms with Crippen LogP contribution in [0.15, 0.2) is 62.9 Å². The molecular weight excluding hydrogens is 593 g/mol. The number of carboxylic acid groups (broad SMARTS) is 1. The Labute approximate surface area is 227 Å². The van der Waals surface area contributed by atoms with E-state index in [2.05, 4.69) is 43.7 Å². The highest BCUT2D eigenvalue weighted by atomic mass is 79.9. The zero-order valence-corrected chi connectivity index (χ0v) is 22.9. The molecule has 9 nitrogen and oxygen atoms in total. The Morgan fingerprint density at radius 2 is 1.79 bits per heavy atom. The summed E-state index contributed by atoms with van der Waals surface area (Å²) >= 11 is 3.26. The van der Waals surface area contributed by atoms with Crippen molar-refractivity contribution in [3.05, 3.63) is 64.1 Å². The zero-order valence-electron chi connectivity index (χ0n) is 20.5. The highest BCUT2D eigenvalue weighted by Gasteiger charge is 2.38. The number of alkyl halides is 3. The van der Waals surface area contributed by atoms with Crippen LogP contribution in [0.25, 0.3) is 0 Å². The Bertz CT molecular complexity index is 1240. The van der Waals surface area contributed by atoms with E-state index >= 15 is 0 Å². The van der Waals surface area contributed by atoms with Crippen LogP contribution in [-0.4, -0.2) is 81.4 Å². The zero-order chi connectivity index (χ0) is 28.3. The predicted molar refractivity (Wildman–Crippen MR) is 140 cm³/mol. The lowest BCUT2D eigenvalue weighted by Gasteiger charge is -2.17. The van der Waals surface area contributed by atoms with E-state index in [4.69, 9.17) is 9.90 Å². The minimum atomic E-state index is -5.08. The molecule has 0 saturated carbocycles. The Morgan fingerprint density at radius 3 is 2.34 bits per heavy atom. The van der Waals surface area contributed by atoms with Crippen LogP contribution in [0.5, 0.6) is 0 Å². The number of benzene rings is 2. The first kappa shape index (κ1) is 31.2. The summed E-state index contributed by atoms with van der Waals surface area (Å²) in [6.45, 7) is 2.60. The highest BCUT2D eigenvalue weighted by Crippen LogP contribution is 2.21. The van der Waals surface area contributed by atoms with Crippen molar-refractivity contribution >= 4 is 43.5 Å². The van der Waals surface area contributed by atoms with Gasteiger partial charge in [-0.3, -0.25) is 9.79 Å². The number of carbonyl (C=O) groups is 2. The van der Waals surface area contributed by atoms with Crippen molar-refractivity contribution < 1.29 is 36.3 Å². The molecule has 3 N–H and O–H groups in total. The summed E-state index contributed by atoms with van der Waals surface area (Å²) in [7, 11) is -1.69. The fourth-order valence-corrected chi connectivity index (χ4v) is 5.45. The van der Waals surface area contributed by atoms with Crippen molar-refractivity contribution in [2.24, 2.45) is 4.99 Å². The average Bonchev–Trinajstić information content (AvgIpc) is 3.40. The molecule has 0 saturated heterocycles. The second-order valence-corrected chi connectivity index (χ2v) is 11.0. The van der Waals surface area contributed by atoms with Crippen molar-refractivity contribution in [1.29, 1.82) is 0 Å². The maximum atomic E-state index is 12.4. The normalized spacial score (nSPS) is 13.1. The molecule has 0 atom stereocenters. The molecule has 0 radical (unpaired) electrons. The summed E-state index contributed by atoms with van der Waals surface area (Å²) < 4.78 is 57.1. The number of amides is 1. The molecule has 0 fully saturated rings. The number of halogens is 4. The van der Waals surface area contributed by atoms with Crippen LogP contribution in [0.1, 0.15) is 17.5 Å². The lowest BCUT2D eigenvalue weighted by atomic mass is 10.1. The second kappa shape index (κ2) is 14.3. The van der Waals surface area contributed by atoms with Gasteiger partial charge in [-0.05, 0) is 40.0 Å². The van der Waals surface area contributed by atoms with E-state index in [0.717, 1.165) is 36.5 Å². The van der Waals surface area contributed by atoms with Gasteiger partial charge in [-0.2, -0.15) is 13.2 Å². The first-order chi connectivity index (χ1) is 17.8. The molecule has 1 heterocycles. The first-order valence-corrected chi connectivity index (χ1v) is 13.9. The van der Waals surface area contributed by atoms with Crippen molar-refractivity contribution in [1.82, 2.24) is 15.5 Å². The molecular formula is C24H28BrF3N4O5S. The third-order valence-electron chi connectivity index (χ3n) is 5.29. The quantitative estimate of drug-likeness (QED) is 0.348. The molecule has 0 bridgehead atoms. The van der Waals surface area contributed by atoms with Gasteiger partial charge >= 0.3 is 12.1 Å². The maximum absolute atomic E-state index is 12.4. The van der Waals surface area contributed by atoms with Crippen LogP contribution in [0.2, 0.25) is 0 Å². The van der Waals surface area contributed by atoms with E-state index in [0.29, 0.717) is 17.6 Å². The number of aliphatic imine (C=N–C) groups is 1. The molecule has 2 aromatic carbocycles. The first-order valence-electron chi connectivity index (χ1n) is 11.4. The van der Waals surface area contributed by atoms with E-state index in [-0.39, 0.29) is 23.1 Å². The van der Waals surface area contributed by atoms with Crippen molar-refractivity contribution in [2.45, 2.75) is 23.9 Å². The topological polar surface area (TPSA) is 128 Å². The van der Waals surface area contributed by atoms with E-state index in [1.165, 1.54) is 0 Å². The average molecular weight is 621 g/mol. The number of sulfone groups is 1. The molecule has 1 amide bonds. The fraction of sp³-hybridized carbons (Fsp3) is 0.375. The molecule has 38 heavy (non-hydrogen) atoms. The monoisotopic (exact) mass is 620 g/mol. The van der Waals surface area contributed by atoms with Crippen LogP contribution in [0.4, 0.5) is 13.2 Å². The smallest absolute Gasteiger partial charge is 0.475 e. The van der Waals surface area contributed by atoms with Crippen LogP contribution in [0.3, 0.4) is 0 Å². The Hall–Kier alpha value is -2.97. The molecule has 1 aliphatic rings. The SMILES string of the molecule is CN(CCc1ccc(C2=NCCN2)cc1)C(=O)CCNCS(=O)(=O)c1ccccc1Br.O=C(O)C(F)(F)F. The van der Waals surface area contributed by atoms with Gasteiger partial charge in [0.05, 0.1) is 11.4 Å². The number of hydrogen-bond donors (Lipinski definition) is 3. The van der Waals surface area contributed by atoms with Gasteiger partial charge < -0.3 is 20.6 Å². The molecule has 0 unspecified atom stereocenters. The standard InChI is InChI=1S/C22H27BrN4O3S.C2HF3O2/c1-27(15-11-17-6-8-18(9-7-17)22-25-13-14-26-22)21(28)10-12-24-16-31(29,30)20-5-3-2-4-19(20)23;3-2(4,5)1(6)7/h2-9,24H,10-16H2,1H3,(H,25,26);(H,6,7). The summed E-state index contributed by atoms with van der Waals surface area (Å²) in [6, 6.07) is 14.9. The number of amidine groups is 1. The van der Waals surface area contributed by atoms with E-state index in [9.17, 15) is 26.4 Å². The second-order valence-electron chi connectivity index (χ2n) is 8.16. The van der Waals surface area contributed by atoms with Gasteiger partial charge in [0.1, 0.15) is 11.7 Å². The van der Waals surface area contributed by atoms with Crippen LogP contribution in [-0.2, 0) is 25.8 Å². The molecule has 2 aromatic rings. The van der Waals surface area contributed by atoms with Crippen molar-refractivity contribution in [3.63, 3.8) is 0 Å². The number of carbonyl (C=O) groups excluding carboxylic acids is 1. The Morgan fingerprint density at radius 1 is 1.16 bits per heavy atom. The molecule has 0 aromatic heterocycles. The van der Waals surface area contributed by atoms with Gasteiger partial charge in [-0.15, -0.1) is 0 Å². The number of likely N-dealkylation sites (N-methyl/N-ethyl adjacent to an activating group) is 1. The predicted octanol–water partition coefficient (Wildman–Crippen LogP) is 2.84. The number of aliphatic carboxylic acids is 1. The Balaban J connectivity index is 0.000000638. The lowest BCUT2D eigenvalue weighted by molar-refractivity contribution is -0.192. The van der Waals surface area contributed by atoms with Crippen molar-refractivity contribution in [3.8, 4) is 0 Å². The summed E-state index contributed by atoms with van der Waals surface area (Å²) in [6.07, 6.45) is -4.08. The molecule has 3 rings (SSSR count). The van der Waals surface area contributed by atoms with Gasteiger partial charge in [-0.1, -0.05) is 36.4 Å². The van der Waals surface area contributed by atoms with Crippen LogP contribution < -0.4 is 10.6 Å². The van der Waals surface area contributed by atoms with E-state index in [1.54, 1.807) is 36.2 Å². The lowest BCUT2D eigenvalue weighted by Crippen LogP contribution is -2.33. The number of rotatable bonds is 10. The third kappa shape index (κ3) is 10.1. The molecule has 208 valence electrons. The van der Waals surface area contributed by atoms with Gasteiger partial charge in [0, 0.05) is 43.1 Å². The van der Waals surface area contributed by atoms with E-state index < -0.39 is 22.0 Å². The largest absolute Gasteiger partial charge is 0.490 e. The molecule has 0 spiro atoms. The number of nitrogens with one attached hydrogen (secondary N) is 2. The van der Waals surface area contributed by atoms with Crippen LogP contribution >= 0.6 is 15.9 Å². The summed E-state index contributed by atoms with van der Waals surface area (Å²) in [5.41, 5.74) is 2.23. The summed E-state index contributed by atoms with van der Waals surface area (Å²) in [4.78, 5) is 27.6. The number of carboxylic acids is 1. The number of hydrogen-bond acceptors (Lipinski definition) is 7. The van der Waals surface area contributed by atoms with Gasteiger partial charge in [-0.25, -0.2) is 13.2 Å². The minimum Gasteiger partial charge on any atom is -0.475 e. The highest BCUT2D eigenvalue weighted by molar-refractivity contribution is 9.10. The van der Waals surface area contributed by atoms with Crippen molar-refractivity contribution in [2.75, 3.05) is 39.1 Å². The van der Waals surface area contributed by atoms with E-state index in [1.807, 2.05) is 12.1 Å².